The Morgan fingerprint density at radius 2 is 1.67 bits per heavy atom. The fraction of sp³-hybridized carbons (Fsp3) is 0.429. The van der Waals surface area contributed by atoms with E-state index in [2.05, 4.69) is 11.0 Å². The first-order valence-electron chi connectivity index (χ1n) is 9.84. The van der Waals surface area contributed by atoms with Gasteiger partial charge in [0.25, 0.3) is 5.56 Å². The Kier molecular flexibility index (Phi) is 6.50. The fourth-order valence-electron chi connectivity index (χ4n) is 3.69. The number of benzene rings is 1. The van der Waals surface area contributed by atoms with Crippen LogP contribution in [0.2, 0.25) is 0 Å². The van der Waals surface area contributed by atoms with Crippen molar-refractivity contribution in [3.8, 4) is 6.07 Å². The summed E-state index contributed by atoms with van der Waals surface area (Å²) in [6, 6.07) is 9.67. The van der Waals surface area contributed by atoms with E-state index in [0.29, 0.717) is 12.1 Å². The summed E-state index contributed by atoms with van der Waals surface area (Å²) in [6.07, 6.45) is 0.893. The van der Waals surface area contributed by atoms with Crippen molar-refractivity contribution in [2.45, 2.75) is 13.0 Å². The van der Waals surface area contributed by atoms with E-state index in [1.807, 2.05) is 29.2 Å². The Bertz CT molecular complexity index is 1090. The minimum Gasteiger partial charge on any atom is -0.384 e. The predicted octanol–water partition coefficient (Wildman–Crippen LogP) is -0.0715. The molecule has 0 amide bonds. The van der Waals surface area contributed by atoms with Crippen LogP contribution >= 0.6 is 0 Å². The number of anilines is 1. The molecule has 0 atom stereocenters. The lowest BCUT2D eigenvalue weighted by atomic mass is 10.1. The minimum absolute atomic E-state index is 0.0857. The number of Topliss-reactive ketones (excluding diaryl/α,β-unsaturated/α-hetero) is 1. The maximum absolute atomic E-state index is 12.8. The molecule has 2 N–H and O–H groups in total. The van der Waals surface area contributed by atoms with Crippen LogP contribution in [-0.2, 0) is 20.6 Å². The summed E-state index contributed by atoms with van der Waals surface area (Å²) >= 11 is 0. The lowest BCUT2D eigenvalue weighted by Gasteiger charge is -2.21. The van der Waals surface area contributed by atoms with Crippen molar-refractivity contribution < 1.29 is 4.79 Å². The molecule has 1 aromatic carbocycles. The van der Waals surface area contributed by atoms with Gasteiger partial charge < -0.3 is 5.73 Å². The van der Waals surface area contributed by atoms with E-state index in [1.165, 1.54) is 14.1 Å². The molecule has 1 aliphatic heterocycles. The minimum atomic E-state index is -0.655. The van der Waals surface area contributed by atoms with Gasteiger partial charge in [-0.3, -0.25) is 28.5 Å². The van der Waals surface area contributed by atoms with E-state index in [4.69, 9.17) is 11.0 Å². The third-order valence-corrected chi connectivity index (χ3v) is 5.53. The summed E-state index contributed by atoms with van der Waals surface area (Å²) in [5.41, 5.74) is 6.35. The molecular formula is C21H26N6O3. The summed E-state index contributed by atoms with van der Waals surface area (Å²) in [7, 11) is 2.79. The SMILES string of the molecule is Cn1c(N)c(C(=O)CN2CCCN(Cc3ccc(C#N)cc3)CC2)c(=O)n(C)c1=O. The number of nitrogen functional groups attached to an aromatic ring is 1. The Labute approximate surface area is 174 Å². The van der Waals surface area contributed by atoms with Crippen LogP contribution in [0, 0.1) is 11.3 Å². The number of aromatic nitrogens is 2. The van der Waals surface area contributed by atoms with E-state index < -0.39 is 11.2 Å². The number of hydrogen-bond acceptors (Lipinski definition) is 7. The Hall–Kier alpha value is -3.22. The molecule has 0 radical (unpaired) electrons. The molecule has 1 aromatic heterocycles. The second kappa shape index (κ2) is 9.07. The second-order valence-corrected chi connectivity index (χ2v) is 7.60. The molecule has 2 aromatic rings. The normalized spacial score (nSPS) is 15.5. The average Bonchev–Trinajstić information content (AvgIpc) is 2.96. The molecule has 9 heteroatoms. The first-order chi connectivity index (χ1) is 14.3. The van der Waals surface area contributed by atoms with E-state index in [9.17, 15) is 14.4 Å². The third-order valence-electron chi connectivity index (χ3n) is 5.53. The summed E-state index contributed by atoms with van der Waals surface area (Å²) in [5.74, 6) is -0.463. The van der Waals surface area contributed by atoms with Crippen LogP contribution in [0.3, 0.4) is 0 Å². The van der Waals surface area contributed by atoms with Crippen LogP contribution in [-0.4, -0.2) is 57.4 Å². The Morgan fingerprint density at radius 3 is 2.33 bits per heavy atom. The Morgan fingerprint density at radius 1 is 1.03 bits per heavy atom. The molecule has 1 saturated heterocycles. The van der Waals surface area contributed by atoms with Gasteiger partial charge in [-0.15, -0.1) is 0 Å². The molecule has 0 bridgehead atoms. The van der Waals surface area contributed by atoms with Gasteiger partial charge >= 0.3 is 5.69 Å². The second-order valence-electron chi connectivity index (χ2n) is 7.60. The number of nitriles is 1. The van der Waals surface area contributed by atoms with Crippen LogP contribution < -0.4 is 17.0 Å². The molecular weight excluding hydrogens is 384 g/mol. The van der Waals surface area contributed by atoms with Crippen molar-refractivity contribution >= 4 is 11.6 Å². The Balaban J connectivity index is 1.65. The predicted molar refractivity (Wildman–Crippen MR) is 113 cm³/mol. The quantitative estimate of drug-likeness (QED) is 0.686. The van der Waals surface area contributed by atoms with Crippen molar-refractivity contribution in [3.63, 3.8) is 0 Å². The number of rotatable bonds is 5. The highest BCUT2D eigenvalue weighted by Crippen LogP contribution is 2.12. The van der Waals surface area contributed by atoms with E-state index in [1.54, 1.807) is 0 Å². The molecule has 158 valence electrons. The van der Waals surface area contributed by atoms with Gasteiger partial charge in [-0.2, -0.15) is 5.26 Å². The maximum atomic E-state index is 12.8. The number of carbonyl (C=O) groups is 1. The van der Waals surface area contributed by atoms with Crippen LogP contribution in [0.25, 0.3) is 0 Å². The largest absolute Gasteiger partial charge is 0.384 e. The fourth-order valence-corrected chi connectivity index (χ4v) is 3.69. The molecule has 3 rings (SSSR count). The highest BCUT2D eigenvalue weighted by molar-refractivity contribution is 6.01. The van der Waals surface area contributed by atoms with Gasteiger partial charge in [-0.05, 0) is 37.2 Å². The highest BCUT2D eigenvalue weighted by Gasteiger charge is 2.23. The summed E-state index contributed by atoms with van der Waals surface area (Å²) in [5, 5.41) is 8.91. The number of hydrogen-bond donors (Lipinski definition) is 1. The monoisotopic (exact) mass is 410 g/mol. The molecule has 9 nitrogen and oxygen atoms in total. The molecule has 0 saturated carbocycles. The zero-order valence-electron chi connectivity index (χ0n) is 17.3. The van der Waals surface area contributed by atoms with Gasteiger partial charge in [0, 0.05) is 33.7 Å². The van der Waals surface area contributed by atoms with Gasteiger partial charge in [0.15, 0.2) is 5.78 Å². The topological polar surface area (TPSA) is 117 Å². The first-order valence-corrected chi connectivity index (χ1v) is 9.84. The zero-order chi connectivity index (χ0) is 21.8. The molecule has 2 heterocycles. The maximum Gasteiger partial charge on any atom is 0.332 e. The van der Waals surface area contributed by atoms with Crippen molar-refractivity contribution in [3.05, 3.63) is 61.8 Å². The van der Waals surface area contributed by atoms with E-state index in [0.717, 1.165) is 47.3 Å². The van der Waals surface area contributed by atoms with E-state index >= 15 is 0 Å². The van der Waals surface area contributed by atoms with Crippen LogP contribution in [0.15, 0.2) is 33.9 Å². The first kappa shape index (κ1) is 21.5. The van der Waals surface area contributed by atoms with Crippen molar-refractivity contribution in [1.82, 2.24) is 18.9 Å². The lowest BCUT2D eigenvalue weighted by molar-refractivity contribution is 0.0930. The molecule has 1 fully saturated rings. The summed E-state index contributed by atoms with van der Waals surface area (Å²) < 4.78 is 2.03. The summed E-state index contributed by atoms with van der Waals surface area (Å²) in [6.45, 7) is 3.97. The average molecular weight is 410 g/mol. The van der Waals surface area contributed by atoms with Gasteiger partial charge in [-0.1, -0.05) is 12.1 Å². The van der Waals surface area contributed by atoms with Crippen LogP contribution in [0.1, 0.15) is 27.9 Å². The lowest BCUT2D eigenvalue weighted by Crippen LogP contribution is -2.43. The van der Waals surface area contributed by atoms with E-state index in [-0.39, 0.29) is 23.7 Å². The van der Waals surface area contributed by atoms with Gasteiger partial charge in [0.2, 0.25) is 0 Å². The van der Waals surface area contributed by atoms with Gasteiger partial charge in [0.1, 0.15) is 11.4 Å². The zero-order valence-corrected chi connectivity index (χ0v) is 17.3. The number of ketones is 1. The number of carbonyl (C=O) groups excluding carboxylic acids is 1. The van der Waals surface area contributed by atoms with Crippen molar-refractivity contribution in [2.75, 3.05) is 38.5 Å². The third kappa shape index (κ3) is 4.50. The molecule has 0 spiro atoms. The smallest absolute Gasteiger partial charge is 0.332 e. The molecule has 1 aliphatic rings. The van der Waals surface area contributed by atoms with Crippen LogP contribution in [0.5, 0.6) is 0 Å². The van der Waals surface area contributed by atoms with Crippen molar-refractivity contribution in [2.24, 2.45) is 14.1 Å². The molecule has 0 aliphatic carbocycles. The van der Waals surface area contributed by atoms with Crippen molar-refractivity contribution in [1.29, 1.82) is 5.26 Å². The highest BCUT2D eigenvalue weighted by atomic mass is 16.2. The standard InChI is InChI=1S/C21H26N6O3/c1-24-19(23)18(20(29)25(2)21(24)30)17(28)14-27-9-3-8-26(10-11-27)13-16-6-4-15(12-22)5-7-16/h4-7H,3,8-11,13-14,23H2,1-2H3. The van der Waals surface area contributed by atoms with Crippen LogP contribution in [0.4, 0.5) is 5.82 Å². The number of nitrogens with zero attached hydrogens (tertiary/aromatic N) is 5. The summed E-state index contributed by atoms with van der Waals surface area (Å²) in [4.78, 5) is 41.5. The number of nitrogens with two attached hydrogens (primary N) is 1. The molecule has 30 heavy (non-hydrogen) atoms. The van der Waals surface area contributed by atoms with Gasteiger partial charge in [0.05, 0.1) is 18.2 Å². The van der Waals surface area contributed by atoms with Gasteiger partial charge in [-0.25, -0.2) is 4.79 Å². The molecule has 0 unspecified atom stereocenters.